The van der Waals surface area contributed by atoms with Gasteiger partial charge in [0, 0.05) is 25.3 Å². The summed E-state index contributed by atoms with van der Waals surface area (Å²) in [7, 11) is 1.82. The number of unbranched alkanes of at least 4 members (excludes halogenated alkanes) is 1. The third-order valence-corrected chi connectivity index (χ3v) is 4.43. The fraction of sp³-hybridized carbons (Fsp3) is 0.476. The van der Waals surface area contributed by atoms with Crippen molar-refractivity contribution >= 4 is 17.4 Å². The number of rotatable bonds is 7. The summed E-state index contributed by atoms with van der Waals surface area (Å²) in [5.41, 5.74) is 3.87. The van der Waals surface area contributed by atoms with Crippen molar-refractivity contribution < 1.29 is 4.79 Å². The van der Waals surface area contributed by atoms with Crippen LogP contribution in [0, 0.1) is 13.8 Å². The van der Waals surface area contributed by atoms with E-state index in [1.807, 2.05) is 14.0 Å². The van der Waals surface area contributed by atoms with Crippen LogP contribution in [0.1, 0.15) is 67.0 Å². The molecule has 0 fully saturated rings. The van der Waals surface area contributed by atoms with Gasteiger partial charge in [-0.15, -0.1) is 0 Å². The fourth-order valence-electron chi connectivity index (χ4n) is 2.90. The lowest BCUT2D eigenvalue weighted by molar-refractivity contribution is 0.0787. The Morgan fingerprint density at radius 2 is 1.96 bits per heavy atom. The topological polar surface area (TPSA) is 58.1 Å². The largest absolute Gasteiger partial charge is 0.340 e. The Labute approximate surface area is 156 Å². The van der Waals surface area contributed by atoms with E-state index in [1.54, 1.807) is 11.0 Å². The molecule has 5 nitrogen and oxygen atoms in total. The van der Waals surface area contributed by atoms with Crippen molar-refractivity contribution in [3.05, 3.63) is 46.9 Å². The summed E-state index contributed by atoms with van der Waals surface area (Å²) < 4.78 is 0. The fourth-order valence-corrected chi connectivity index (χ4v) is 2.90. The van der Waals surface area contributed by atoms with E-state index in [-0.39, 0.29) is 5.91 Å². The van der Waals surface area contributed by atoms with Gasteiger partial charge in [0.2, 0.25) is 0 Å². The van der Waals surface area contributed by atoms with Gasteiger partial charge in [0.15, 0.2) is 0 Å². The predicted molar refractivity (Wildman–Crippen MR) is 107 cm³/mol. The van der Waals surface area contributed by atoms with Crippen LogP contribution in [-0.4, -0.2) is 34.4 Å². The molecule has 1 aromatic heterocycles. The summed E-state index contributed by atoms with van der Waals surface area (Å²) in [4.78, 5) is 23.2. The molecule has 1 amide bonds. The Balaban J connectivity index is 2.33. The number of nitrogens with zero attached hydrogens (tertiary/aromatic N) is 3. The van der Waals surface area contributed by atoms with Crippen molar-refractivity contribution in [3.63, 3.8) is 0 Å². The van der Waals surface area contributed by atoms with Crippen LogP contribution < -0.4 is 5.32 Å². The number of hydrogen-bond donors (Lipinski definition) is 1. The lowest BCUT2D eigenvalue weighted by atomic mass is 9.98. The summed E-state index contributed by atoms with van der Waals surface area (Å²) in [5.74, 6) is 1.56. The summed E-state index contributed by atoms with van der Waals surface area (Å²) in [6.45, 7) is 11.1. The van der Waals surface area contributed by atoms with Crippen LogP contribution in [0.2, 0.25) is 0 Å². The van der Waals surface area contributed by atoms with Gasteiger partial charge in [-0.3, -0.25) is 4.79 Å². The number of benzene rings is 1. The van der Waals surface area contributed by atoms with Gasteiger partial charge in [-0.2, -0.15) is 0 Å². The molecule has 140 valence electrons. The van der Waals surface area contributed by atoms with Crippen molar-refractivity contribution in [1.82, 2.24) is 14.9 Å². The van der Waals surface area contributed by atoms with Crippen LogP contribution in [0.15, 0.2) is 24.3 Å². The maximum absolute atomic E-state index is 12.7. The van der Waals surface area contributed by atoms with Gasteiger partial charge in [0.1, 0.15) is 17.3 Å². The number of nitrogens with one attached hydrogen (secondary N) is 1. The lowest BCUT2D eigenvalue weighted by Crippen LogP contribution is -2.28. The van der Waals surface area contributed by atoms with Gasteiger partial charge in [-0.1, -0.05) is 45.4 Å². The van der Waals surface area contributed by atoms with Gasteiger partial charge in [-0.05, 0) is 37.3 Å². The minimum atomic E-state index is -0.0686. The monoisotopic (exact) mass is 354 g/mol. The number of amides is 1. The molecule has 2 aromatic rings. The van der Waals surface area contributed by atoms with Crippen molar-refractivity contribution in [2.24, 2.45) is 0 Å². The number of para-hydroxylation sites is 1. The summed E-state index contributed by atoms with van der Waals surface area (Å²) in [5, 5.41) is 3.42. The van der Waals surface area contributed by atoms with Gasteiger partial charge in [-0.25, -0.2) is 9.97 Å². The first-order valence-corrected chi connectivity index (χ1v) is 9.31. The molecule has 2 rings (SSSR count). The van der Waals surface area contributed by atoms with E-state index in [0.717, 1.165) is 30.6 Å². The molecule has 0 saturated carbocycles. The molecule has 0 radical (unpaired) electrons. The minimum Gasteiger partial charge on any atom is -0.340 e. The number of carbonyl (C=O) groups excluding carboxylic acids is 1. The molecule has 0 atom stereocenters. The highest BCUT2D eigenvalue weighted by molar-refractivity contribution is 5.93. The Morgan fingerprint density at radius 1 is 1.23 bits per heavy atom. The number of carbonyl (C=O) groups is 1. The summed E-state index contributed by atoms with van der Waals surface area (Å²) >= 11 is 0. The van der Waals surface area contributed by atoms with Crippen molar-refractivity contribution in [2.75, 3.05) is 18.9 Å². The Bertz CT molecular complexity index is 771. The van der Waals surface area contributed by atoms with E-state index in [0.29, 0.717) is 23.3 Å². The maximum Gasteiger partial charge on any atom is 0.272 e. The van der Waals surface area contributed by atoms with Crippen LogP contribution >= 0.6 is 0 Å². The van der Waals surface area contributed by atoms with Gasteiger partial charge >= 0.3 is 0 Å². The molecule has 0 bridgehead atoms. The van der Waals surface area contributed by atoms with E-state index in [1.165, 1.54) is 5.56 Å². The molecule has 1 heterocycles. The van der Waals surface area contributed by atoms with Crippen LogP contribution in [-0.2, 0) is 0 Å². The van der Waals surface area contributed by atoms with Crippen LogP contribution in [0.3, 0.4) is 0 Å². The number of aryl methyl sites for hydroxylation is 2. The van der Waals surface area contributed by atoms with Crippen molar-refractivity contribution in [1.29, 1.82) is 0 Å². The zero-order chi connectivity index (χ0) is 19.3. The van der Waals surface area contributed by atoms with Crippen molar-refractivity contribution in [2.45, 2.75) is 53.4 Å². The summed E-state index contributed by atoms with van der Waals surface area (Å²) in [6.07, 6.45) is 2.04. The van der Waals surface area contributed by atoms with E-state index in [4.69, 9.17) is 0 Å². The van der Waals surface area contributed by atoms with Gasteiger partial charge < -0.3 is 10.2 Å². The zero-order valence-electron chi connectivity index (χ0n) is 16.8. The lowest BCUT2D eigenvalue weighted by Gasteiger charge is -2.19. The highest BCUT2D eigenvalue weighted by Gasteiger charge is 2.16. The molecule has 0 aliphatic rings. The molecule has 1 aromatic carbocycles. The van der Waals surface area contributed by atoms with Gasteiger partial charge in [0.25, 0.3) is 5.91 Å². The third kappa shape index (κ3) is 4.81. The molecule has 26 heavy (non-hydrogen) atoms. The molecule has 0 unspecified atom stereocenters. The van der Waals surface area contributed by atoms with Crippen LogP contribution in [0.5, 0.6) is 0 Å². The SMILES string of the molecule is CCCCN(C)C(=O)c1cc(Nc2c(C)cccc2C(C)C)nc(C)n1. The molecule has 0 spiro atoms. The highest BCUT2D eigenvalue weighted by Crippen LogP contribution is 2.29. The van der Waals surface area contributed by atoms with Crippen LogP contribution in [0.25, 0.3) is 0 Å². The number of hydrogen-bond acceptors (Lipinski definition) is 4. The molecular weight excluding hydrogens is 324 g/mol. The molecule has 5 heteroatoms. The van der Waals surface area contributed by atoms with Crippen LogP contribution in [0.4, 0.5) is 11.5 Å². The quantitative estimate of drug-likeness (QED) is 0.773. The molecule has 0 saturated heterocycles. The molecule has 0 aliphatic heterocycles. The highest BCUT2D eigenvalue weighted by atomic mass is 16.2. The number of aromatic nitrogens is 2. The molecule has 0 aliphatic carbocycles. The normalized spacial score (nSPS) is 10.9. The van der Waals surface area contributed by atoms with E-state index in [2.05, 4.69) is 61.2 Å². The maximum atomic E-state index is 12.7. The first-order chi connectivity index (χ1) is 12.3. The third-order valence-electron chi connectivity index (χ3n) is 4.43. The Morgan fingerprint density at radius 3 is 2.62 bits per heavy atom. The smallest absolute Gasteiger partial charge is 0.272 e. The van der Waals surface area contributed by atoms with E-state index < -0.39 is 0 Å². The Kier molecular flexibility index (Phi) is 6.72. The summed E-state index contributed by atoms with van der Waals surface area (Å²) in [6, 6.07) is 8.01. The standard InChI is InChI=1S/C21H30N4O/c1-7-8-12-25(6)21(26)18-13-19(23-16(5)22-18)24-20-15(4)10-9-11-17(20)14(2)3/h9-11,13-14H,7-8,12H2,1-6H3,(H,22,23,24). The first kappa shape index (κ1) is 19.9. The zero-order valence-corrected chi connectivity index (χ0v) is 16.8. The van der Waals surface area contributed by atoms with Crippen molar-refractivity contribution in [3.8, 4) is 0 Å². The Hall–Kier alpha value is -2.43. The van der Waals surface area contributed by atoms with E-state index >= 15 is 0 Å². The first-order valence-electron chi connectivity index (χ1n) is 9.31. The second-order valence-electron chi connectivity index (χ2n) is 7.08. The average molecular weight is 354 g/mol. The second-order valence-corrected chi connectivity index (χ2v) is 7.08. The van der Waals surface area contributed by atoms with Gasteiger partial charge in [0.05, 0.1) is 0 Å². The second kappa shape index (κ2) is 8.79. The van der Waals surface area contributed by atoms with E-state index in [9.17, 15) is 4.79 Å². The molecular formula is C21H30N4O. The number of anilines is 2. The minimum absolute atomic E-state index is 0.0686. The average Bonchev–Trinajstić information content (AvgIpc) is 2.60. The predicted octanol–water partition coefficient (Wildman–Crippen LogP) is 4.83. The molecule has 1 N–H and O–H groups in total.